The van der Waals surface area contributed by atoms with Crippen LogP contribution in [0.5, 0.6) is 11.5 Å². The van der Waals surface area contributed by atoms with Gasteiger partial charge in [-0.1, -0.05) is 16.8 Å². The zero-order chi connectivity index (χ0) is 12.4. The van der Waals surface area contributed by atoms with E-state index in [9.17, 15) is 0 Å². The van der Waals surface area contributed by atoms with Crippen molar-refractivity contribution in [1.29, 1.82) is 0 Å². The Kier molecular flexibility index (Phi) is 3.10. The summed E-state index contributed by atoms with van der Waals surface area (Å²) in [6.07, 6.45) is 1.50. The summed E-state index contributed by atoms with van der Waals surface area (Å²) in [4.78, 5) is 0. The Morgan fingerprint density at radius 3 is 2.53 bits per heavy atom. The first-order valence-electron chi connectivity index (χ1n) is 4.79. The lowest BCUT2D eigenvalue weighted by Crippen LogP contribution is -1.94. The number of halogens is 1. The summed E-state index contributed by atoms with van der Waals surface area (Å²) in [7, 11) is 3.08. The molecule has 90 valence electrons. The van der Waals surface area contributed by atoms with Gasteiger partial charge in [0.05, 0.1) is 26.0 Å². The van der Waals surface area contributed by atoms with Crippen molar-refractivity contribution in [2.24, 2.45) is 0 Å². The molecule has 2 rings (SSSR count). The van der Waals surface area contributed by atoms with Crippen molar-refractivity contribution in [2.45, 2.75) is 0 Å². The highest BCUT2D eigenvalue weighted by atomic mass is 35.5. The van der Waals surface area contributed by atoms with Gasteiger partial charge in [-0.25, -0.2) is 0 Å². The molecule has 2 aromatic rings. The maximum absolute atomic E-state index is 6.00. The number of benzene rings is 1. The summed E-state index contributed by atoms with van der Waals surface area (Å²) in [5, 5.41) is 4.13. The normalized spacial score (nSPS) is 10.3. The number of hydrogen-bond acceptors (Lipinski definition) is 5. The first-order valence-corrected chi connectivity index (χ1v) is 5.17. The Balaban J connectivity index is 2.68. The van der Waals surface area contributed by atoms with Crippen LogP contribution in [0.25, 0.3) is 11.1 Å². The van der Waals surface area contributed by atoms with E-state index in [-0.39, 0.29) is 5.88 Å². The number of nitrogens with two attached hydrogens (primary N) is 1. The average Bonchev–Trinajstić information content (AvgIpc) is 2.74. The fraction of sp³-hybridized carbons (Fsp3) is 0.182. The molecule has 1 heterocycles. The Bertz CT molecular complexity index is 540. The van der Waals surface area contributed by atoms with Gasteiger partial charge >= 0.3 is 0 Å². The van der Waals surface area contributed by atoms with Crippen LogP contribution >= 0.6 is 11.6 Å². The monoisotopic (exact) mass is 254 g/mol. The van der Waals surface area contributed by atoms with E-state index in [0.29, 0.717) is 27.6 Å². The largest absolute Gasteiger partial charge is 0.493 e. The minimum absolute atomic E-state index is 0.201. The third kappa shape index (κ3) is 2.01. The van der Waals surface area contributed by atoms with E-state index in [1.807, 2.05) is 0 Å². The highest BCUT2D eigenvalue weighted by molar-refractivity contribution is 6.31. The fourth-order valence-corrected chi connectivity index (χ4v) is 1.79. The van der Waals surface area contributed by atoms with Crippen molar-refractivity contribution in [3.8, 4) is 22.6 Å². The summed E-state index contributed by atoms with van der Waals surface area (Å²) in [6.45, 7) is 0. The van der Waals surface area contributed by atoms with E-state index in [0.717, 1.165) is 0 Å². The lowest BCUT2D eigenvalue weighted by molar-refractivity contribution is 0.356. The number of methoxy groups -OCH3 is 2. The molecule has 0 aliphatic rings. The molecule has 0 aliphatic carbocycles. The third-order valence-corrected chi connectivity index (χ3v) is 2.55. The van der Waals surface area contributed by atoms with Gasteiger partial charge in [0.1, 0.15) is 0 Å². The van der Waals surface area contributed by atoms with Gasteiger partial charge in [-0.3, -0.25) is 0 Å². The molecule has 0 radical (unpaired) electrons. The number of nitrogens with zero attached hydrogens (tertiary/aromatic N) is 1. The fourth-order valence-electron chi connectivity index (χ4n) is 1.58. The van der Waals surface area contributed by atoms with Gasteiger partial charge in [-0.05, 0) is 6.07 Å². The standard InChI is InChI=1S/C11H11ClN2O3/c1-15-9-4-6(12)3-7(10(9)16-2)8-5-14-17-11(8)13/h3-5H,13H2,1-2H3. The van der Waals surface area contributed by atoms with E-state index in [1.54, 1.807) is 19.2 Å². The quantitative estimate of drug-likeness (QED) is 0.912. The maximum Gasteiger partial charge on any atom is 0.230 e. The molecule has 5 nitrogen and oxygen atoms in total. The molecule has 1 aromatic heterocycles. The molecule has 2 N–H and O–H groups in total. The van der Waals surface area contributed by atoms with Gasteiger partial charge < -0.3 is 19.7 Å². The molecule has 0 fully saturated rings. The summed E-state index contributed by atoms with van der Waals surface area (Å²) in [5.74, 6) is 1.26. The van der Waals surface area contributed by atoms with Crippen molar-refractivity contribution in [3.05, 3.63) is 23.4 Å². The topological polar surface area (TPSA) is 70.5 Å². The molecule has 6 heteroatoms. The van der Waals surface area contributed by atoms with Crippen LogP contribution in [0.3, 0.4) is 0 Å². The first-order chi connectivity index (χ1) is 8.17. The van der Waals surface area contributed by atoms with Crippen molar-refractivity contribution in [2.75, 3.05) is 20.0 Å². The number of ether oxygens (including phenoxy) is 2. The highest BCUT2D eigenvalue weighted by Crippen LogP contribution is 2.42. The lowest BCUT2D eigenvalue weighted by atomic mass is 10.1. The van der Waals surface area contributed by atoms with E-state index >= 15 is 0 Å². The number of nitrogen functional groups attached to an aromatic ring is 1. The Hall–Kier alpha value is -1.88. The van der Waals surface area contributed by atoms with Crippen LogP contribution in [-0.2, 0) is 0 Å². The van der Waals surface area contributed by atoms with Gasteiger partial charge in [-0.15, -0.1) is 0 Å². The second-order valence-corrected chi connectivity index (χ2v) is 3.73. The zero-order valence-corrected chi connectivity index (χ0v) is 10.1. The van der Waals surface area contributed by atoms with Crippen LogP contribution in [0.15, 0.2) is 22.9 Å². The number of rotatable bonds is 3. The van der Waals surface area contributed by atoms with Crippen LogP contribution < -0.4 is 15.2 Å². The summed E-state index contributed by atoms with van der Waals surface area (Å²) >= 11 is 6.00. The second kappa shape index (κ2) is 4.55. The molecular formula is C11H11ClN2O3. The number of anilines is 1. The van der Waals surface area contributed by atoms with Gasteiger partial charge in [-0.2, -0.15) is 0 Å². The Labute approximate surface area is 103 Å². The van der Waals surface area contributed by atoms with Crippen molar-refractivity contribution in [1.82, 2.24) is 5.16 Å². The van der Waals surface area contributed by atoms with Gasteiger partial charge in [0, 0.05) is 16.7 Å². The molecule has 0 spiro atoms. The third-order valence-electron chi connectivity index (χ3n) is 2.33. The summed E-state index contributed by atoms with van der Waals surface area (Å²) < 4.78 is 15.3. The Morgan fingerprint density at radius 2 is 2.00 bits per heavy atom. The minimum Gasteiger partial charge on any atom is -0.493 e. The van der Waals surface area contributed by atoms with Crippen molar-refractivity contribution >= 4 is 17.5 Å². The SMILES string of the molecule is COc1cc(Cl)cc(-c2cnoc2N)c1OC. The average molecular weight is 255 g/mol. The van der Waals surface area contributed by atoms with Gasteiger partial charge in [0.25, 0.3) is 0 Å². The van der Waals surface area contributed by atoms with Crippen LogP contribution in [0.4, 0.5) is 5.88 Å². The predicted molar refractivity (Wildman–Crippen MR) is 64.5 cm³/mol. The van der Waals surface area contributed by atoms with Gasteiger partial charge in [0.15, 0.2) is 11.5 Å². The number of aromatic nitrogens is 1. The first kappa shape index (κ1) is 11.6. The maximum atomic E-state index is 6.00. The zero-order valence-electron chi connectivity index (χ0n) is 9.36. The number of hydrogen-bond donors (Lipinski definition) is 1. The molecule has 0 amide bonds. The smallest absolute Gasteiger partial charge is 0.230 e. The molecule has 1 aromatic carbocycles. The highest BCUT2D eigenvalue weighted by Gasteiger charge is 2.17. The molecular weight excluding hydrogens is 244 g/mol. The summed E-state index contributed by atoms with van der Waals surface area (Å²) in [5.41, 5.74) is 6.96. The minimum atomic E-state index is 0.201. The second-order valence-electron chi connectivity index (χ2n) is 3.29. The molecule has 0 atom stereocenters. The van der Waals surface area contributed by atoms with Crippen LogP contribution in [-0.4, -0.2) is 19.4 Å². The van der Waals surface area contributed by atoms with Gasteiger partial charge in [0.2, 0.25) is 5.88 Å². The van der Waals surface area contributed by atoms with Crippen LogP contribution in [0, 0.1) is 0 Å². The molecule has 0 unspecified atom stereocenters. The van der Waals surface area contributed by atoms with Crippen molar-refractivity contribution < 1.29 is 14.0 Å². The summed E-state index contributed by atoms with van der Waals surface area (Å²) in [6, 6.07) is 3.37. The molecule has 0 bridgehead atoms. The van der Waals surface area contributed by atoms with Crippen LogP contribution in [0.2, 0.25) is 5.02 Å². The Morgan fingerprint density at radius 1 is 1.24 bits per heavy atom. The molecule has 17 heavy (non-hydrogen) atoms. The van der Waals surface area contributed by atoms with E-state index < -0.39 is 0 Å². The van der Waals surface area contributed by atoms with Crippen LogP contribution in [0.1, 0.15) is 0 Å². The van der Waals surface area contributed by atoms with E-state index in [4.69, 9.17) is 31.3 Å². The molecule has 0 saturated carbocycles. The molecule has 0 saturated heterocycles. The molecule has 0 aliphatic heterocycles. The van der Waals surface area contributed by atoms with E-state index in [2.05, 4.69) is 5.16 Å². The predicted octanol–water partition coefficient (Wildman–Crippen LogP) is 2.59. The lowest BCUT2D eigenvalue weighted by Gasteiger charge is -2.12. The van der Waals surface area contributed by atoms with Crippen molar-refractivity contribution in [3.63, 3.8) is 0 Å². The van der Waals surface area contributed by atoms with E-state index in [1.165, 1.54) is 13.3 Å².